The smallest absolute Gasteiger partial charge is 0.404 e. The molecule has 108 valence electrons. The highest BCUT2D eigenvalue weighted by Gasteiger charge is 2.26. The van der Waals surface area contributed by atoms with E-state index in [0.29, 0.717) is 0 Å². The van der Waals surface area contributed by atoms with E-state index >= 15 is 0 Å². The Kier molecular flexibility index (Phi) is 5.60. The molecule has 2 N–H and O–H groups in total. The van der Waals surface area contributed by atoms with E-state index in [0.717, 1.165) is 31.2 Å². The predicted octanol–water partition coefficient (Wildman–Crippen LogP) is 4.02. The number of unbranched alkanes of at least 4 members (excludes halogenated alkanes) is 2. The largest absolute Gasteiger partial charge is 0.524 e. The molecule has 4 nitrogen and oxygen atoms in total. The zero-order valence-electron chi connectivity index (χ0n) is 11.8. The van der Waals surface area contributed by atoms with Gasteiger partial charge in [-0.15, -0.1) is 0 Å². The zero-order chi connectivity index (χ0) is 14.5. The summed E-state index contributed by atoms with van der Waals surface area (Å²) in [7, 11) is -4.52. The molecular weight excluding hydrogens is 263 g/mol. The van der Waals surface area contributed by atoms with Crippen molar-refractivity contribution in [2.75, 3.05) is 0 Å². The van der Waals surface area contributed by atoms with Crippen molar-refractivity contribution >= 4 is 7.82 Å². The fourth-order valence-electron chi connectivity index (χ4n) is 2.19. The normalized spacial score (nSPS) is 12.5. The highest BCUT2D eigenvalue weighted by molar-refractivity contribution is 7.46. The maximum Gasteiger partial charge on any atom is 0.524 e. The third-order valence-corrected chi connectivity index (χ3v) is 3.67. The fourth-order valence-corrected chi connectivity index (χ4v) is 2.60. The molecule has 0 aliphatic heterocycles. The molecular formula is C14H23O4P. The van der Waals surface area contributed by atoms with Crippen LogP contribution in [0.25, 0.3) is 0 Å². The average molecular weight is 286 g/mol. The van der Waals surface area contributed by atoms with E-state index in [1.54, 1.807) is 12.1 Å². The Hall–Kier alpha value is -0.830. The van der Waals surface area contributed by atoms with Gasteiger partial charge in [0.05, 0.1) is 0 Å². The quantitative estimate of drug-likeness (QED) is 0.587. The van der Waals surface area contributed by atoms with E-state index in [4.69, 9.17) is 14.3 Å². The highest BCUT2D eigenvalue weighted by Crippen LogP contribution is 2.43. The molecule has 0 radical (unpaired) electrons. The number of rotatable bonds is 7. The molecule has 0 atom stereocenters. The summed E-state index contributed by atoms with van der Waals surface area (Å²) in [5, 5.41) is 0. The lowest BCUT2D eigenvalue weighted by atomic mass is 9.79. The van der Waals surface area contributed by atoms with E-state index in [-0.39, 0.29) is 11.2 Å². The Bertz CT molecular complexity index is 451. The summed E-state index contributed by atoms with van der Waals surface area (Å²) in [6.07, 6.45) is 4.36. The Morgan fingerprint density at radius 1 is 1.21 bits per heavy atom. The van der Waals surface area contributed by atoms with Crippen LogP contribution in [0.3, 0.4) is 0 Å². The van der Waals surface area contributed by atoms with E-state index < -0.39 is 7.82 Å². The van der Waals surface area contributed by atoms with Crippen molar-refractivity contribution in [3.63, 3.8) is 0 Å². The minimum atomic E-state index is -4.52. The van der Waals surface area contributed by atoms with Crippen molar-refractivity contribution in [2.24, 2.45) is 0 Å². The predicted molar refractivity (Wildman–Crippen MR) is 76.3 cm³/mol. The first-order valence-corrected chi connectivity index (χ1v) is 8.14. The Labute approximate surface area is 115 Å². The molecule has 19 heavy (non-hydrogen) atoms. The molecule has 5 heteroatoms. The van der Waals surface area contributed by atoms with Crippen molar-refractivity contribution in [1.82, 2.24) is 0 Å². The van der Waals surface area contributed by atoms with Crippen LogP contribution in [0.1, 0.15) is 52.0 Å². The van der Waals surface area contributed by atoms with Gasteiger partial charge in [0.2, 0.25) is 0 Å². The van der Waals surface area contributed by atoms with Gasteiger partial charge in [0.15, 0.2) is 0 Å². The first-order chi connectivity index (χ1) is 8.76. The second-order valence-electron chi connectivity index (χ2n) is 5.42. The third kappa shape index (κ3) is 5.35. The van der Waals surface area contributed by atoms with Gasteiger partial charge in [-0.1, -0.05) is 58.2 Å². The molecule has 1 rings (SSSR count). The highest BCUT2D eigenvalue weighted by atomic mass is 31.2. The summed E-state index contributed by atoms with van der Waals surface area (Å²) >= 11 is 0. The summed E-state index contributed by atoms with van der Waals surface area (Å²) in [6, 6.07) is 7.06. The van der Waals surface area contributed by atoms with Crippen molar-refractivity contribution in [3.05, 3.63) is 29.8 Å². The fraction of sp³-hybridized carbons (Fsp3) is 0.571. The van der Waals surface area contributed by atoms with Crippen LogP contribution < -0.4 is 4.52 Å². The lowest BCUT2D eigenvalue weighted by Crippen LogP contribution is -2.18. The van der Waals surface area contributed by atoms with Gasteiger partial charge in [-0.2, -0.15) is 0 Å². The molecule has 0 spiro atoms. The van der Waals surface area contributed by atoms with Crippen molar-refractivity contribution in [2.45, 2.75) is 51.9 Å². The molecule has 0 bridgehead atoms. The van der Waals surface area contributed by atoms with Crippen molar-refractivity contribution < 1.29 is 18.9 Å². The topological polar surface area (TPSA) is 66.8 Å². The second-order valence-corrected chi connectivity index (χ2v) is 6.58. The van der Waals surface area contributed by atoms with Gasteiger partial charge in [-0.3, -0.25) is 9.79 Å². The zero-order valence-corrected chi connectivity index (χ0v) is 12.7. The summed E-state index contributed by atoms with van der Waals surface area (Å²) in [4.78, 5) is 17.9. The first kappa shape index (κ1) is 16.2. The third-order valence-electron chi connectivity index (χ3n) is 3.24. The number of phosphoric ester groups is 1. The van der Waals surface area contributed by atoms with Crippen LogP contribution in [0.15, 0.2) is 24.3 Å². The summed E-state index contributed by atoms with van der Waals surface area (Å²) < 4.78 is 15.8. The van der Waals surface area contributed by atoms with E-state index in [9.17, 15) is 4.57 Å². The van der Waals surface area contributed by atoms with Crippen molar-refractivity contribution in [1.29, 1.82) is 0 Å². The van der Waals surface area contributed by atoms with E-state index in [1.807, 2.05) is 12.1 Å². The molecule has 0 aliphatic carbocycles. The van der Waals surface area contributed by atoms with Gasteiger partial charge in [0.25, 0.3) is 0 Å². The minimum absolute atomic E-state index is 0.166. The molecule has 0 amide bonds. The SMILES string of the molecule is CCCCCC(C)(C)c1ccccc1OP(=O)(O)O. The Morgan fingerprint density at radius 3 is 2.42 bits per heavy atom. The summed E-state index contributed by atoms with van der Waals surface area (Å²) in [6.45, 7) is 6.30. The van der Waals surface area contributed by atoms with Crippen LogP contribution in [-0.2, 0) is 9.98 Å². The molecule has 0 unspecified atom stereocenters. The summed E-state index contributed by atoms with van der Waals surface area (Å²) in [5.74, 6) is 0.275. The van der Waals surface area contributed by atoms with E-state index in [2.05, 4.69) is 20.8 Å². The number of para-hydroxylation sites is 1. The molecule has 0 aromatic heterocycles. The number of hydrogen-bond donors (Lipinski definition) is 2. The van der Waals surface area contributed by atoms with E-state index in [1.165, 1.54) is 0 Å². The Morgan fingerprint density at radius 2 is 1.84 bits per heavy atom. The van der Waals surface area contributed by atoms with Gasteiger partial charge >= 0.3 is 7.82 Å². The molecule has 0 fully saturated rings. The van der Waals surface area contributed by atoms with Crippen LogP contribution in [0.2, 0.25) is 0 Å². The van der Waals surface area contributed by atoms with Gasteiger partial charge in [-0.25, -0.2) is 4.57 Å². The van der Waals surface area contributed by atoms with Crippen LogP contribution in [0.5, 0.6) is 5.75 Å². The monoisotopic (exact) mass is 286 g/mol. The molecule has 0 heterocycles. The van der Waals surface area contributed by atoms with Crippen LogP contribution in [0, 0.1) is 0 Å². The van der Waals surface area contributed by atoms with Crippen molar-refractivity contribution in [3.8, 4) is 5.75 Å². The average Bonchev–Trinajstić information content (AvgIpc) is 2.27. The molecule has 1 aromatic carbocycles. The van der Waals surface area contributed by atoms with Crippen LogP contribution >= 0.6 is 7.82 Å². The second kappa shape index (κ2) is 6.56. The van der Waals surface area contributed by atoms with Gasteiger partial charge in [0, 0.05) is 5.56 Å². The maximum absolute atomic E-state index is 11.0. The number of phosphoric acid groups is 1. The van der Waals surface area contributed by atoms with Crippen LogP contribution in [0.4, 0.5) is 0 Å². The molecule has 0 saturated heterocycles. The Balaban J connectivity index is 2.95. The number of benzene rings is 1. The lowest BCUT2D eigenvalue weighted by molar-refractivity contribution is 0.279. The molecule has 0 aliphatic rings. The lowest BCUT2D eigenvalue weighted by Gasteiger charge is -2.27. The van der Waals surface area contributed by atoms with Gasteiger partial charge in [-0.05, 0) is 17.9 Å². The van der Waals surface area contributed by atoms with Gasteiger partial charge < -0.3 is 4.52 Å². The number of hydrogen-bond acceptors (Lipinski definition) is 2. The molecule has 1 aromatic rings. The summed E-state index contributed by atoms with van der Waals surface area (Å²) in [5.41, 5.74) is 0.676. The minimum Gasteiger partial charge on any atom is -0.404 e. The van der Waals surface area contributed by atoms with Crippen LogP contribution in [-0.4, -0.2) is 9.79 Å². The molecule has 0 saturated carbocycles. The van der Waals surface area contributed by atoms with Gasteiger partial charge in [0.1, 0.15) is 5.75 Å². The first-order valence-electron chi connectivity index (χ1n) is 6.61. The standard InChI is InChI=1S/C14H23O4P/c1-4-5-8-11-14(2,3)12-9-6-7-10-13(12)18-19(15,16)17/h6-7,9-10H,4-5,8,11H2,1-3H3,(H2,15,16,17). The maximum atomic E-state index is 11.0.